The highest BCUT2D eigenvalue weighted by molar-refractivity contribution is 6.02. The van der Waals surface area contributed by atoms with Crippen molar-refractivity contribution in [2.75, 3.05) is 0 Å². The van der Waals surface area contributed by atoms with Crippen molar-refractivity contribution in [2.24, 2.45) is 0 Å². The monoisotopic (exact) mass is 232 g/mol. The van der Waals surface area contributed by atoms with Crippen LogP contribution in [0.1, 0.15) is 20.7 Å². The highest BCUT2D eigenvalue weighted by atomic mass is 16.5. The molecule has 0 bridgehead atoms. The zero-order valence-corrected chi connectivity index (χ0v) is 9.13. The molecule has 0 saturated heterocycles. The van der Waals surface area contributed by atoms with Crippen LogP contribution >= 0.6 is 0 Å². The Hall–Kier alpha value is -2.36. The summed E-state index contributed by atoms with van der Waals surface area (Å²) < 4.78 is 4.99. The minimum Gasteiger partial charge on any atom is -0.478 e. The first-order chi connectivity index (χ1) is 8.10. The molecule has 0 atom stereocenters. The van der Waals surface area contributed by atoms with Crippen molar-refractivity contribution < 1.29 is 19.4 Å². The van der Waals surface area contributed by atoms with Gasteiger partial charge in [0.1, 0.15) is 6.10 Å². The van der Waals surface area contributed by atoms with Gasteiger partial charge in [0, 0.05) is 0 Å². The summed E-state index contributed by atoms with van der Waals surface area (Å²) in [6.07, 6.45) is 2.16. The first-order valence-corrected chi connectivity index (χ1v) is 4.88. The van der Waals surface area contributed by atoms with Crippen LogP contribution in [-0.4, -0.2) is 23.1 Å². The van der Waals surface area contributed by atoms with E-state index in [9.17, 15) is 9.59 Å². The third kappa shape index (κ3) is 3.04. The van der Waals surface area contributed by atoms with E-state index in [0.717, 1.165) is 0 Å². The summed E-state index contributed by atoms with van der Waals surface area (Å²) in [5, 5.41) is 8.91. The Morgan fingerprint density at radius 1 is 1.18 bits per heavy atom. The number of benzene rings is 1. The molecule has 1 aromatic rings. The normalized spacial score (nSPS) is 9.71. The summed E-state index contributed by atoms with van der Waals surface area (Å²) in [7, 11) is 0. The topological polar surface area (TPSA) is 63.6 Å². The lowest BCUT2D eigenvalue weighted by molar-refractivity contribution is 0.0455. The predicted molar refractivity (Wildman–Crippen MR) is 63.0 cm³/mol. The number of aromatic carboxylic acids is 1. The molecule has 0 radical (unpaired) electrons. The van der Waals surface area contributed by atoms with Gasteiger partial charge in [-0.3, -0.25) is 0 Å². The number of ether oxygens (including phenoxy) is 1. The molecule has 0 saturated carbocycles. The van der Waals surface area contributed by atoms with Crippen molar-refractivity contribution in [2.45, 2.75) is 6.10 Å². The summed E-state index contributed by atoms with van der Waals surface area (Å²) in [5.41, 5.74) is -0.0851. The Kier molecular flexibility index (Phi) is 4.22. The molecule has 0 unspecified atom stereocenters. The van der Waals surface area contributed by atoms with Gasteiger partial charge in [0.2, 0.25) is 0 Å². The molecule has 4 nitrogen and oxygen atoms in total. The number of hydrogen-bond acceptors (Lipinski definition) is 3. The Morgan fingerprint density at radius 2 is 1.71 bits per heavy atom. The second-order valence-corrected chi connectivity index (χ2v) is 3.19. The van der Waals surface area contributed by atoms with Crippen LogP contribution in [0.5, 0.6) is 0 Å². The maximum absolute atomic E-state index is 11.7. The standard InChI is InChI=1S/C13H12O4/c1-3-9(4-2)17-13(16)11-8-6-5-7-10(11)12(14)15/h3-9H,1-2H2,(H,14,15). The molecule has 0 aliphatic rings. The lowest BCUT2D eigenvalue weighted by Gasteiger charge is -2.10. The van der Waals surface area contributed by atoms with E-state index in [-0.39, 0.29) is 11.1 Å². The lowest BCUT2D eigenvalue weighted by atomic mass is 10.1. The van der Waals surface area contributed by atoms with Gasteiger partial charge in [-0.05, 0) is 24.3 Å². The van der Waals surface area contributed by atoms with E-state index >= 15 is 0 Å². The molecular weight excluding hydrogens is 220 g/mol. The van der Waals surface area contributed by atoms with E-state index in [2.05, 4.69) is 13.2 Å². The first-order valence-electron chi connectivity index (χ1n) is 4.88. The van der Waals surface area contributed by atoms with E-state index in [4.69, 9.17) is 9.84 Å². The van der Waals surface area contributed by atoms with Gasteiger partial charge in [0.15, 0.2) is 0 Å². The zero-order valence-electron chi connectivity index (χ0n) is 9.13. The smallest absolute Gasteiger partial charge is 0.339 e. The van der Waals surface area contributed by atoms with E-state index in [1.807, 2.05) is 0 Å². The molecule has 4 heteroatoms. The minimum absolute atomic E-state index is 0.00806. The number of rotatable bonds is 5. The van der Waals surface area contributed by atoms with Gasteiger partial charge in [-0.2, -0.15) is 0 Å². The summed E-state index contributed by atoms with van der Waals surface area (Å²) in [6.45, 7) is 6.94. The van der Waals surface area contributed by atoms with Crippen LogP contribution in [-0.2, 0) is 4.74 Å². The molecule has 0 aliphatic carbocycles. The number of esters is 1. The van der Waals surface area contributed by atoms with Crippen molar-refractivity contribution in [3.63, 3.8) is 0 Å². The zero-order chi connectivity index (χ0) is 12.8. The maximum Gasteiger partial charge on any atom is 0.339 e. The Morgan fingerprint density at radius 3 is 2.18 bits per heavy atom. The van der Waals surface area contributed by atoms with Crippen LogP contribution < -0.4 is 0 Å². The molecule has 0 amide bonds. The molecule has 1 N–H and O–H groups in total. The van der Waals surface area contributed by atoms with Gasteiger partial charge in [0.05, 0.1) is 11.1 Å². The fraction of sp³-hybridized carbons (Fsp3) is 0.0769. The van der Waals surface area contributed by atoms with Gasteiger partial charge < -0.3 is 9.84 Å². The number of carbonyl (C=O) groups excluding carboxylic acids is 1. The average molecular weight is 232 g/mol. The largest absolute Gasteiger partial charge is 0.478 e. The molecule has 0 aromatic heterocycles. The fourth-order valence-electron chi connectivity index (χ4n) is 1.23. The Balaban J connectivity index is 3.00. The minimum atomic E-state index is -1.17. The summed E-state index contributed by atoms with van der Waals surface area (Å²) in [6, 6.07) is 5.85. The molecule has 0 heterocycles. The lowest BCUT2D eigenvalue weighted by Crippen LogP contribution is -2.16. The molecule has 88 valence electrons. The number of carboxylic acid groups (broad SMARTS) is 1. The maximum atomic E-state index is 11.7. The fourth-order valence-corrected chi connectivity index (χ4v) is 1.23. The number of hydrogen-bond donors (Lipinski definition) is 1. The number of carboxylic acids is 1. The number of carbonyl (C=O) groups is 2. The highest BCUT2D eigenvalue weighted by Crippen LogP contribution is 2.12. The predicted octanol–water partition coefficient (Wildman–Crippen LogP) is 2.28. The quantitative estimate of drug-likeness (QED) is 0.624. The van der Waals surface area contributed by atoms with Crippen molar-refractivity contribution in [1.82, 2.24) is 0 Å². The Labute approximate surface area is 98.8 Å². The van der Waals surface area contributed by atoms with Gasteiger partial charge in [-0.25, -0.2) is 9.59 Å². The third-order valence-corrected chi connectivity index (χ3v) is 2.09. The second kappa shape index (κ2) is 5.65. The average Bonchev–Trinajstić information content (AvgIpc) is 2.35. The van der Waals surface area contributed by atoms with Crippen LogP contribution in [0.2, 0.25) is 0 Å². The Bertz CT molecular complexity index is 454. The molecule has 17 heavy (non-hydrogen) atoms. The van der Waals surface area contributed by atoms with Gasteiger partial charge in [-0.15, -0.1) is 0 Å². The molecule has 0 spiro atoms. The van der Waals surface area contributed by atoms with E-state index in [1.165, 1.54) is 24.3 Å². The second-order valence-electron chi connectivity index (χ2n) is 3.19. The van der Waals surface area contributed by atoms with Crippen molar-refractivity contribution in [3.8, 4) is 0 Å². The summed E-state index contributed by atoms with van der Waals surface area (Å²) >= 11 is 0. The summed E-state index contributed by atoms with van der Waals surface area (Å²) in [5.74, 6) is -1.89. The van der Waals surface area contributed by atoms with Crippen LogP contribution in [0.15, 0.2) is 49.6 Å². The molecule has 0 aliphatic heterocycles. The van der Waals surface area contributed by atoms with Crippen LogP contribution in [0, 0.1) is 0 Å². The summed E-state index contributed by atoms with van der Waals surface area (Å²) in [4.78, 5) is 22.6. The SMILES string of the molecule is C=CC(C=C)OC(=O)c1ccccc1C(=O)O. The van der Waals surface area contributed by atoms with E-state index in [0.29, 0.717) is 0 Å². The highest BCUT2D eigenvalue weighted by Gasteiger charge is 2.18. The van der Waals surface area contributed by atoms with Gasteiger partial charge >= 0.3 is 11.9 Å². The molecule has 1 aromatic carbocycles. The van der Waals surface area contributed by atoms with Gasteiger partial charge in [0.25, 0.3) is 0 Å². The third-order valence-electron chi connectivity index (χ3n) is 2.09. The van der Waals surface area contributed by atoms with E-state index in [1.54, 1.807) is 12.1 Å². The molecule has 0 fully saturated rings. The van der Waals surface area contributed by atoms with Crippen molar-refractivity contribution in [1.29, 1.82) is 0 Å². The van der Waals surface area contributed by atoms with Crippen LogP contribution in [0.25, 0.3) is 0 Å². The van der Waals surface area contributed by atoms with E-state index < -0.39 is 18.0 Å². The van der Waals surface area contributed by atoms with Gasteiger partial charge in [-0.1, -0.05) is 25.3 Å². The van der Waals surface area contributed by atoms with Crippen molar-refractivity contribution in [3.05, 3.63) is 60.7 Å². The molecular formula is C13H12O4. The van der Waals surface area contributed by atoms with Crippen LogP contribution in [0.3, 0.4) is 0 Å². The van der Waals surface area contributed by atoms with Crippen LogP contribution in [0.4, 0.5) is 0 Å². The molecule has 1 rings (SSSR count). The first kappa shape index (κ1) is 12.7. The van der Waals surface area contributed by atoms with Crippen molar-refractivity contribution >= 4 is 11.9 Å².